The van der Waals surface area contributed by atoms with E-state index in [4.69, 9.17) is 0 Å². The Balaban J connectivity index is 1.36. The lowest BCUT2D eigenvalue weighted by molar-refractivity contribution is 0.535. The van der Waals surface area contributed by atoms with Crippen molar-refractivity contribution in [3.63, 3.8) is 0 Å². The number of rotatable bonds is 8. The molecule has 1 saturated heterocycles. The van der Waals surface area contributed by atoms with Gasteiger partial charge in [0.05, 0.1) is 0 Å². The lowest BCUT2D eigenvalue weighted by Crippen LogP contribution is -2.29. The first-order valence-electron chi connectivity index (χ1n) is 11.8. The molecule has 28 heavy (non-hydrogen) atoms. The molecule has 148 valence electrons. The quantitative estimate of drug-likeness (QED) is 0.265. The molecule has 0 bridgehead atoms. The Hall–Kier alpha value is -1.20. The normalized spacial score (nSPS) is 20.3. The van der Waals surface area contributed by atoms with E-state index in [1.807, 2.05) is 0 Å². The highest BCUT2D eigenvalue weighted by atomic mass is 31.1. The molecule has 2 aromatic carbocycles. The standard InChI is InChI=1S/C26H36BP/c1-3-12-22-14-11-13-21(2)27(22)19-9-4-10-20-28-25-17-7-5-15-23(25)24-16-6-8-18-26(24)28/h5-8,15-18,21-22H,3-4,9-14,19-20H2,1-2H3/t21?,22-/m1/s1. The third-order valence-electron chi connectivity index (χ3n) is 7.33. The summed E-state index contributed by atoms with van der Waals surface area (Å²) in [7, 11) is -0.131. The topological polar surface area (TPSA) is 0 Å². The van der Waals surface area contributed by atoms with Crippen molar-refractivity contribution in [2.75, 3.05) is 0 Å². The molecule has 1 aliphatic heterocycles. The Morgan fingerprint density at radius 1 is 0.893 bits per heavy atom. The van der Waals surface area contributed by atoms with Gasteiger partial charge in [0, 0.05) is 10.2 Å². The summed E-state index contributed by atoms with van der Waals surface area (Å²) in [5.41, 5.74) is 0. The second kappa shape index (κ2) is 9.54. The van der Waals surface area contributed by atoms with Gasteiger partial charge in [0.15, 0.2) is 0 Å². The molecule has 1 aromatic heterocycles. The largest absolute Gasteiger partial charge is 0.146 e. The van der Waals surface area contributed by atoms with Gasteiger partial charge in [0.25, 0.3) is 0 Å². The monoisotopic (exact) mass is 390 g/mol. The lowest BCUT2D eigenvalue weighted by Gasteiger charge is -2.34. The zero-order chi connectivity index (χ0) is 19.3. The zero-order valence-corrected chi connectivity index (χ0v) is 18.8. The smallest absolute Gasteiger partial charge is 0.109 e. The molecule has 4 rings (SSSR count). The fourth-order valence-electron chi connectivity index (χ4n) is 5.92. The molecule has 1 aliphatic rings. The van der Waals surface area contributed by atoms with Gasteiger partial charge in [0.1, 0.15) is 6.71 Å². The average Bonchev–Trinajstić information content (AvgIpc) is 3.04. The van der Waals surface area contributed by atoms with Crippen LogP contribution in [0.2, 0.25) is 18.0 Å². The van der Waals surface area contributed by atoms with Gasteiger partial charge < -0.3 is 0 Å². The highest BCUT2D eigenvalue weighted by Gasteiger charge is 2.32. The summed E-state index contributed by atoms with van der Waals surface area (Å²) in [6, 6.07) is 18.3. The molecule has 0 spiro atoms. The number of fused-ring (bicyclic) bond motifs is 3. The predicted molar refractivity (Wildman–Crippen MR) is 131 cm³/mol. The number of hydrogen-bond donors (Lipinski definition) is 0. The van der Waals surface area contributed by atoms with Crippen LogP contribution in [0.5, 0.6) is 0 Å². The van der Waals surface area contributed by atoms with E-state index in [0.717, 1.165) is 18.3 Å². The minimum absolute atomic E-state index is 0.131. The van der Waals surface area contributed by atoms with Crippen LogP contribution in [0.1, 0.15) is 65.2 Å². The molecule has 2 atom stereocenters. The van der Waals surface area contributed by atoms with Gasteiger partial charge in [0.2, 0.25) is 0 Å². The van der Waals surface area contributed by atoms with Gasteiger partial charge in [-0.25, -0.2) is 0 Å². The molecule has 1 fully saturated rings. The minimum atomic E-state index is -0.131. The van der Waals surface area contributed by atoms with Crippen molar-refractivity contribution in [1.29, 1.82) is 0 Å². The highest BCUT2D eigenvalue weighted by molar-refractivity contribution is 7.60. The third kappa shape index (κ3) is 4.21. The van der Waals surface area contributed by atoms with E-state index in [1.165, 1.54) is 74.6 Å². The van der Waals surface area contributed by atoms with E-state index in [9.17, 15) is 0 Å². The maximum absolute atomic E-state index is 2.53. The van der Waals surface area contributed by atoms with Crippen molar-refractivity contribution in [1.82, 2.24) is 0 Å². The zero-order valence-electron chi connectivity index (χ0n) is 17.9. The van der Waals surface area contributed by atoms with Crippen LogP contribution in [-0.4, -0.2) is 6.71 Å². The van der Waals surface area contributed by atoms with Crippen LogP contribution in [0, 0.1) is 0 Å². The van der Waals surface area contributed by atoms with Crippen LogP contribution in [0.25, 0.3) is 21.0 Å². The first-order valence-corrected chi connectivity index (χ1v) is 13.3. The van der Waals surface area contributed by atoms with E-state index in [0.29, 0.717) is 0 Å². The van der Waals surface area contributed by atoms with Gasteiger partial charge in [-0.05, 0) is 23.4 Å². The SMILES string of the molecule is CCC[C@@H]1CCCC(C)B1CCCCCp1c2ccccc2c2ccccc21. The summed E-state index contributed by atoms with van der Waals surface area (Å²) >= 11 is 0. The minimum Gasteiger partial charge on any atom is -0.109 e. The molecule has 0 nitrogen and oxygen atoms in total. The van der Waals surface area contributed by atoms with Gasteiger partial charge in [-0.1, -0.05) is 125 Å². The van der Waals surface area contributed by atoms with Crippen molar-refractivity contribution in [3.8, 4) is 0 Å². The highest BCUT2D eigenvalue weighted by Crippen LogP contribution is 2.50. The van der Waals surface area contributed by atoms with Crippen molar-refractivity contribution in [3.05, 3.63) is 48.5 Å². The van der Waals surface area contributed by atoms with Gasteiger partial charge in [-0.2, -0.15) is 0 Å². The Morgan fingerprint density at radius 3 is 2.25 bits per heavy atom. The summed E-state index contributed by atoms with van der Waals surface area (Å²) in [6.07, 6.45) is 14.4. The molecule has 3 aromatic rings. The third-order valence-corrected chi connectivity index (χ3v) is 10.0. The number of aryl methyl sites for hydroxylation is 1. The molecule has 0 saturated carbocycles. The molecule has 0 aliphatic carbocycles. The van der Waals surface area contributed by atoms with E-state index in [2.05, 4.69) is 62.4 Å². The van der Waals surface area contributed by atoms with Gasteiger partial charge in [-0.3, -0.25) is 0 Å². The second-order valence-electron chi connectivity index (χ2n) is 9.16. The van der Waals surface area contributed by atoms with Crippen molar-refractivity contribution >= 4 is 35.3 Å². The first-order chi connectivity index (χ1) is 13.8. The fourth-order valence-corrected chi connectivity index (χ4v) is 8.70. The summed E-state index contributed by atoms with van der Waals surface area (Å²) in [5, 5.41) is 6.26. The van der Waals surface area contributed by atoms with Crippen LogP contribution >= 0.6 is 7.53 Å². The molecule has 0 N–H and O–H groups in total. The molecule has 0 radical (unpaired) electrons. The lowest BCUT2D eigenvalue weighted by atomic mass is 9.28. The predicted octanol–water partition coefficient (Wildman–Crippen LogP) is 9.39. The van der Waals surface area contributed by atoms with E-state index in [-0.39, 0.29) is 7.53 Å². The number of benzene rings is 2. The summed E-state index contributed by atoms with van der Waals surface area (Å²) in [6.45, 7) is 5.91. The Kier molecular flexibility index (Phi) is 6.84. The summed E-state index contributed by atoms with van der Waals surface area (Å²) in [5.74, 6) is 1.98. The van der Waals surface area contributed by atoms with Crippen molar-refractivity contribution in [2.24, 2.45) is 0 Å². The van der Waals surface area contributed by atoms with Crippen molar-refractivity contribution < 1.29 is 0 Å². The number of hydrogen-bond acceptors (Lipinski definition) is 0. The summed E-state index contributed by atoms with van der Waals surface area (Å²) < 4.78 is 0. The molecular weight excluding hydrogens is 354 g/mol. The second-order valence-corrected chi connectivity index (χ2v) is 11.4. The van der Waals surface area contributed by atoms with Crippen LogP contribution < -0.4 is 0 Å². The molecular formula is C26H36BP. The molecule has 1 unspecified atom stereocenters. The van der Waals surface area contributed by atoms with E-state index < -0.39 is 0 Å². The maximum Gasteiger partial charge on any atom is 0.146 e. The van der Waals surface area contributed by atoms with E-state index >= 15 is 0 Å². The van der Waals surface area contributed by atoms with Crippen LogP contribution in [0.15, 0.2) is 48.5 Å². The first kappa shape index (κ1) is 20.1. The van der Waals surface area contributed by atoms with Crippen LogP contribution in [0.3, 0.4) is 0 Å². The Morgan fingerprint density at radius 2 is 1.57 bits per heavy atom. The Labute approximate surface area is 173 Å². The maximum atomic E-state index is 2.53. The van der Waals surface area contributed by atoms with Crippen LogP contribution in [0.4, 0.5) is 0 Å². The van der Waals surface area contributed by atoms with Gasteiger partial charge >= 0.3 is 0 Å². The van der Waals surface area contributed by atoms with Crippen molar-refractivity contribution in [2.45, 2.75) is 89.3 Å². The summed E-state index contributed by atoms with van der Waals surface area (Å²) in [4.78, 5) is 0. The van der Waals surface area contributed by atoms with E-state index in [1.54, 1.807) is 10.2 Å². The fraction of sp³-hybridized carbons (Fsp3) is 0.538. The van der Waals surface area contributed by atoms with Gasteiger partial charge in [-0.15, -0.1) is 7.53 Å². The Bertz CT molecular complexity index is 840. The molecule has 2 heterocycles. The molecule has 2 heteroatoms. The molecule has 0 amide bonds. The average molecular weight is 390 g/mol. The number of unbranched alkanes of at least 4 members (excludes halogenated alkanes) is 2. The van der Waals surface area contributed by atoms with Crippen LogP contribution in [-0.2, 0) is 6.16 Å².